The van der Waals surface area contributed by atoms with Gasteiger partial charge < -0.3 is 10.1 Å². The Morgan fingerprint density at radius 3 is 2.93 bits per heavy atom. The molecule has 0 bridgehead atoms. The van der Waals surface area contributed by atoms with Crippen LogP contribution >= 0.6 is 12.4 Å². The molecule has 0 aliphatic carbocycles. The Labute approximate surface area is 93.5 Å². The maximum atomic E-state index is 5.47. The number of hydrogen-bond donors (Lipinski definition) is 1. The van der Waals surface area contributed by atoms with E-state index in [1.54, 1.807) is 0 Å². The zero-order valence-corrected chi connectivity index (χ0v) is 9.87. The molecule has 0 radical (unpaired) electrons. The highest BCUT2D eigenvalue weighted by Gasteiger charge is 2.11. The monoisotopic (exact) mass is 219 g/mol. The summed E-state index contributed by atoms with van der Waals surface area (Å²) >= 11 is 0. The molecule has 14 heavy (non-hydrogen) atoms. The van der Waals surface area contributed by atoms with E-state index in [0.717, 1.165) is 24.7 Å². The molecule has 1 heterocycles. The highest BCUT2D eigenvalue weighted by atomic mass is 35.5. The molecule has 0 aromatic heterocycles. The summed E-state index contributed by atoms with van der Waals surface area (Å²) in [5, 5.41) is 3.41. The summed E-state index contributed by atoms with van der Waals surface area (Å²) in [6.07, 6.45) is 3.88. The molecule has 3 heteroatoms. The second-order valence-electron chi connectivity index (χ2n) is 4.01. The highest BCUT2D eigenvalue weighted by Crippen LogP contribution is 2.13. The van der Waals surface area contributed by atoms with Gasteiger partial charge in [0.25, 0.3) is 0 Å². The van der Waals surface area contributed by atoms with Gasteiger partial charge >= 0.3 is 0 Å². The van der Waals surface area contributed by atoms with Crippen LogP contribution in [0, 0.1) is 5.92 Å². The molecule has 1 saturated heterocycles. The van der Waals surface area contributed by atoms with Crippen molar-refractivity contribution in [3.63, 3.8) is 0 Å². The molecule has 0 saturated carbocycles. The normalized spacial score (nSPS) is 21.4. The third-order valence-corrected chi connectivity index (χ3v) is 2.42. The number of halogens is 1. The topological polar surface area (TPSA) is 21.3 Å². The number of nitrogens with one attached hydrogen (secondary N) is 1. The zero-order chi connectivity index (χ0) is 9.52. The highest BCUT2D eigenvalue weighted by molar-refractivity contribution is 5.85. The van der Waals surface area contributed by atoms with Crippen LogP contribution in [0.2, 0.25) is 0 Å². The maximum Gasteiger partial charge on any atom is 0.0671 e. The minimum Gasteiger partial charge on any atom is -0.377 e. The molecule has 0 aromatic carbocycles. The van der Waals surface area contributed by atoms with E-state index in [-0.39, 0.29) is 12.4 Å². The first kappa shape index (κ1) is 13.9. The lowest BCUT2D eigenvalue weighted by Crippen LogP contribution is -2.30. The van der Waals surface area contributed by atoms with Gasteiger partial charge in [-0.25, -0.2) is 0 Å². The molecular formula is C11H22ClNO. The molecule has 1 unspecified atom stereocenters. The van der Waals surface area contributed by atoms with Gasteiger partial charge in [0.05, 0.1) is 6.61 Å². The Bertz CT molecular complexity index is 155. The number of ether oxygens (including phenoxy) is 1. The fraction of sp³-hybridized carbons (Fsp3) is 0.818. The van der Waals surface area contributed by atoms with Gasteiger partial charge in [0.15, 0.2) is 0 Å². The third kappa shape index (κ3) is 6.41. The van der Waals surface area contributed by atoms with Crippen LogP contribution in [-0.4, -0.2) is 26.3 Å². The van der Waals surface area contributed by atoms with Gasteiger partial charge in [-0.3, -0.25) is 0 Å². The average Bonchev–Trinajstić information content (AvgIpc) is 2.14. The summed E-state index contributed by atoms with van der Waals surface area (Å²) in [6, 6.07) is 0. The summed E-state index contributed by atoms with van der Waals surface area (Å²) in [5.41, 5.74) is 1.11. The lowest BCUT2D eigenvalue weighted by Gasteiger charge is -2.22. The summed E-state index contributed by atoms with van der Waals surface area (Å²) in [4.78, 5) is 0. The lowest BCUT2D eigenvalue weighted by atomic mass is 9.97. The molecular weight excluding hydrogens is 198 g/mol. The van der Waals surface area contributed by atoms with Gasteiger partial charge in [-0.15, -0.1) is 12.4 Å². The summed E-state index contributed by atoms with van der Waals surface area (Å²) < 4.78 is 5.47. The van der Waals surface area contributed by atoms with E-state index in [1.807, 2.05) is 6.92 Å². The van der Waals surface area contributed by atoms with Gasteiger partial charge in [-0.2, -0.15) is 0 Å². The Hall–Kier alpha value is -0.0500. The first-order valence-corrected chi connectivity index (χ1v) is 5.22. The van der Waals surface area contributed by atoms with E-state index >= 15 is 0 Å². The van der Waals surface area contributed by atoms with Crippen molar-refractivity contribution in [1.82, 2.24) is 5.32 Å². The molecule has 1 aliphatic heterocycles. The van der Waals surface area contributed by atoms with E-state index in [1.165, 1.54) is 32.4 Å². The minimum absolute atomic E-state index is 0. The molecule has 0 amide bonds. The predicted octanol–water partition coefficient (Wildman–Crippen LogP) is 2.39. The molecule has 0 spiro atoms. The van der Waals surface area contributed by atoms with Crippen molar-refractivity contribution in [1.29, 1.82) is 0 Å². The van der Waals surface area contributed by atoms with Crippen molar-refractivity contribution in [3.8, 4) is 0 Å². The van der Waals surface area contributed by atoms with E-state index < -0.39 is 0 Å². The van der Waals surface area contributed by atoms with Crippen molar-refractivity contribution in [3.05, 3.63) is 12.2 Å². The van der Waals surface area contributed by atoms with Crippen LogP contribution in [-0.2, 0) is 4.74 Å². The molecule has 1 atom stereocenters. The zero-order valence-electron chi connectivity index (χ0n) is 9.05. The van der Waals surface area contributed by atoms with Crippen LogP contribution in [0.4, 0.5) is 0 Å². The van der Waals surface area contributed by atoms with Crippen LogP contribution in [0.3, 0.4) is 0 Å². The molecule has 84 valence electrons. The molecule has 1 rings (SSSR count). The Morgan fingerprint density at radius 2 is 2.36 bits per heavy atom. The Kier molecular flexibility index (Phi) is 8.24. The molecule has 0 aromatic rings. The fourth-order valence-corrected chi connectivity index (χ4v) is 1.67. The van der Waals surface area contributed by atoms with E-state index in [4.69, 9.17) is 4.74 Å². The van der Waals surface area contributed by atoms with Crippen LogP contribution in [0.15, 0.2) is 12.2 Å². The number of piperidine rings is 1. The molecule has 1 N–H and O–H groups in total. The SMILES string of the molecule is C=C(C)COCCC1CCCNC1.Cl. The first-order valence-electron chi connectivity index (χ1n) is 5.22. The third-order valence-electron chi connectivity index (χ3n) is 2.42. The van der Waals surface area contributed by atoms with Gasteiger partial charge in [-0.1, -0.05) is 12.2 Å². The fourth-order valence-electron chi connectivity index (χ4n) is 1.67. The van der Waals surface area contributed by atoms with Crippen molar-refractivity contribution >= 4 is 12.4 Å². The number of rotatable bonds is 5. The molecule has 1 aliphatic rings. The number of hydrogen-bond acceptors (Lipinski definition) is 2. The van der Waals surface area contributed by atoms with Crippen molar-refractivity contribution < 1.29 is 4.74 Å². The lowest BCUT2D eigenvalue weighted by molar-refractivity contribution is 0.134. The molecule has 1 fully saturated rings. The first-order chi connectivity index (χ1) is 6.29. The van der Waals surface area contributed by atoms with Crippen molar-refractivity contribution in [2.75, 3.05) is 26.3 Å². The predicted molar refractivity (Wildman–Crippen MR) is 63.1 cm³/mol. The quantitative estimate of drug-likeness (QED) is 0.567. The second kappa shape index (κ2) is 8.27. The van der Waals surface area contributed by atoms with Crippen LogP contribution in [0.5, 0.6) is 0 Å². The summed E-state index contributed by atoms with van der Waals surface area (Å²) in [7, 11) is 0. The van der Waals surface area contributed by atoms with Gasteiger partial charge in [-0.05, 0) is 45.2 Å². The van der Waals surface area contributed by atoms with Crippen LogP contribution < -0.4 is 5.32 Å². The van der Waals surface area contributed by atoms with Crippen molar-refractivity contribution in [2.45, 2.75) is 26.2 Å². The summed E-state index contributed by atoms with van der Waals surface area (Å²) in [5.74, 6) is 0.832. The summed E-state index contributed by atoms with van der Waals surface area (Å²) in [6.45, 7) is 9.79. The van der Waals surface area contributed by atoms with E-state index in [2.05, 4.69) is 11.9 Å². The largest absolute Gasteiger partial charge is 0.377 e. The standard InChI is InChI=1S/C11H21NO.ClH/c1-10(2)9-13-7-5-11-4-3-6-12-8-11;/h11-12H,1,3-9H2,2H3;1H. The van der Waals surface area contributed by atoms with Crippen LogP contribution in [0.1, 0.15) is 26.2 Å². The maximum absolute atomic E-state index is 5.47. The molecule has 2 nitrogen and oxygen atoms in total. The van der Waals surface area contributed by atoms with Gasteiger partial charge in [0, 0.05) is 6.61 Å². The van der Waals surface area contributed by atoms with Gasteiger partial charge in [0.2, 0.25) is 0 Å². The van der Waals surface area contributed by atoms with Gasteiger partial charge in [0.1, 0.15) is 0 Å². The minimum atomic E-state index is 0. The smallest absolute Gasteiger partial charge is 0.0671 e. The second-order valence-corrected chi connectivity index (χ2v) is 4.01. The Morgan fingerprint density at radius 1 is 1.57 bits per heavy atom. The van der Waals surface area contributed by atoms with Crippen molar-refractivity contribution in [2.24, 2.45) is 5.92 Å². The average molecular weight is 220 g/mol. The Balaban J connectivity index is 0.00000169. The van der Waals surface area contributed by atoms with E-state index in [9.17, 15) is 0 Å². The van der Waals surface area contributed by atoms with E-state index in [0.29, 0.717) is 0 Å². The van der Waals surface area contributed by atoms with Crippen LogP contribution in [0.25, 0.3) is 0 Å².